The van der Waals surface area contributed by atoms with E-state index < -0.39 is 0 Å². The lowest BCUT2D eigenvalue weighted by atomic mass is 10.00. The van der Waals surface area contributed by atoms with Crippen LogP contribution in [0.2, 0.25) is 10.0 Å². The normalized spacial score (nSPS) is 12.6. The Labute approximate surface area is 133 Å². The maximum atomic E-state index is 6.03. The van der Waals surface area contributed by atoms with Crippen molar-refractivity contribution in [2.75, 3.05) is 0 Å². The second-order valence-corrected chi connectivity index (χ2v) is 6.20. The molecule has 1 atom stereocenters. The van der Waals surface area contributed by atoms with Crippen LogP contribution in [0.3, 0.4) is 0 Å². The van der Waals surface area contributed by atoms with Crippen LogP contribution in [0.25, 0.3) is 0 Å². The number of nitrogens with one attached hydrogen (secondary N) is 1. The van der Waals surface area contributed by atoms with E-state index in [9.17, 15) is 0 Å². The van der Waals surface area contributed by atoms with Crippen LogP contribution in [-0.2, 0) is 0 Å². The molecule has 0 bridgehead atoms. The first-order chi connectivity index (χ1) is 9.67. The van der Waals surface area contributed by atoms with Crippen molar-refractivity contribution in [2.45, 2.75) is 64.3 Å². The third-order valence-corrected chi connectivity index (χ3v) is 4.02. The van der Waals surface area contributed by atoms with Gasteiger partial charge >= 0.3 is 0 Å². The fraction of sp³-hybridized carbons (Fsp3) is 0.625. The SMILES string of the molecule is CCCCCCCCCC(NN)c1cc(Cl)cc(Cl)c1. The first-order valence-electron chi connectivity index (χ1n) is 7.59. The van der Waals surface area contributed by atoms with Gasteiger partial charge in [-0.2, -0.15) is 0 Å². The van der Waals surface area contributed by atoms with E-state index in [1.165, 1.54) is 44.9 Å². The van der Waals surface area contributed by atoms with Crippen LogP contribution in [0.1, 0.15) is 69.9 Å². The van der Waals surface area contributed by atoms with Crippen LogP contribution < -0.4 is 11.3 Å². The van der Waals surface area contributed by atoms with E-state index in [2.05, 4.69) is 12.3 Å². The highest BCUT2D eigenvalue weighted by Gasteiger charge is 2.10. The molecular formula is C16H26Cl2N2. The van der Waals surface area contributed by atoms with E-state index in [1.54, 1.807) is 6.07 Å². The monoisotopic (exact) mass is 316 g/mol. The zero-order valence-electron chi connectivity index (χ0n) is 12.3. The largest absolute Gasteiger partial charge is 0.271 e. The number of unbranched alkanes of at least 4 members (excludes halogenated alkanes) is 6. The molecule has 3 N–H and O–H groups in total. The molecule has 1 unspecified atom stereocenters. The van der Waals surface area contributed by atoms with Gasteiger partial charge in [-0.05, 0) is 30.2 Å². The molecular weight excluding hydrogens is 291 g/mol. The summed E-state index contributed by atoms with van der Waals surface area (Å²) in [7, 11) is 0. The fourth-order valence-corrected chi connectivity index (χ4v) is 2.97. The first kappa shape index (κ1) is 17.8. The Kier molecular flexibility index (Phi) is 9.28. The van der Waals surface area contributed by atoms with Gasteiger partial charge in [-0.3, -0.25) is 11.3 Å². The molecule has 0 radical (unpaired) electrons. The summed E-state index contributed by atoms with van der Waals surface area (Å²) in [5.41, 5.74) is 3.93. The maximum absolute atomic E-state index is 6.03. The van der Waals surface area contributed by atoms with Crippen molar-refractivity contribution in [3.05, 3.63) is 33.8 Å². The Balaban J connectivity index is 2.32. The fourth-order valence-electron chi connectivity index (χ4n) is 2.43. The minimum Gasteiger partial charge on any atom is -0.271 e. The van der Waals surface area contributed by atoms with Crippen molar-refractivity contribution in [2.24, 2.45) is 5.84 Å². The van der Waals surface area contributed by atoms with Crippen LogP contribution >= 0.6 is 23.2 Å². The van der Waals surface area contributed by atoms with E-state index in [0.717, 1.165) is 12.0 Å². The first-order valence-corrected chi connectivity index (χ1v) is 8.35. The van der Waals surface area contributed by atoms with Crippen LogP contribution in [0, 0.1) is 0 Å². The molecule has 0 aliphatic rings. The number of hydrogen-bond acceptors (Lipinski definition) is 2. The molecule has 0 aromatic heterocycles. The predicted octanol–water partition coefficient (Wildman–Crippen LogP) is 5.64. The van der Waals surface area contributed by atoms with Crippen LogP contribution in [0.4, 0.5) is 0 Å². The van der Waals surface area contributed by atoms with Crippen molar-refractivity contribution >= 4 is 23.2 Å². The Morgan fingerprint density at radius 2 is 1.50 bits per heavy atom. The van der Waals surface area contributed by atoms with Gasteiger partial charge in [0, 0.05) is 16.1 Å². The Bertz CT molecular complexity index is 362. The van der Waals surface area contributed by atoms with Crippen molar-refractivity contribution in [1.29, 1.82) is 0 Å². The van der Waals surface area contributed by atoms with Gasteiger partial charge in [0.2, 0.25) is 0 Å². The number of benzene rings is 1. The summed E-state index contributed by atoms with van der Waals surface area (Å²) in [5, 5.41) is 1.32. The minimum absolute atomic E-state index is 0.127. The van der Waals surface area contributed by atoms with E-state index in [1.807, 2.05) is 12.1 Å². The molecule has 0 aliphatic heterocycles. The number of hydrogen-bond donors (Lipinski definition) is 2. The number of nitrogens with two attached hydrogens (primary N) is 1. The second kappa shape index (κ2) is 10.4. The molecule has 114 valence electrons. The Morgan fingerprint density at radius 1 is 0.950 bits per heavy atom. The lowest BCUT2D eigenvalue weighted by Crippen LogP contribution is -2.28. The summed E-state index contributed by atoms with van der Waals surface area (Å²) >= 11 is 12.1. The molecule has 1 aromatic rings. The van der Waals surface area contributed by atoms with Crippen molar-refractivity contribution in [1.82, 2.24) is 5.43 Å². The van der Waals surface area contributed by atoms with Crippen molar-refractivity contribution < 1.29 is 0 Å². The molecule has 4 heteroatoms. The summed E-state index contributed by atoms with van der Waals surface area (Å²) < 4.78 is 0. The standard InChI is InChI=1S/C16H26Cl2N2/c1-2-3-4-5-6-7-8-9-16(20-19)13-10-14(17)12-15(18)11-13/h10-12,16,20H,2-9,19H2,1H3. The molecule has 0 fully saturated rings. The van der Waals surface area contributed by atoms with Gasteiger partial charge in [0.05, 0.1) is 0 Å². The Morgan fingerprint density at radius 3 is 2.05 bits per heavy atom. The highest BCUT2D eigenvalue weighted by molar-refractivity contribution is 6.34. The summed E-state index contributed by atoms with van der Waals surface area (Å²) in [4.78, 5) is 0. The summed E-state index contributed by atoms with van der Waals surface area (Å²) in [6.45, 7) is 2.24. The predicted molar refractivity (Wildman–Crippen MR) is 89.1 cm³/mol. The molecule has 1 aromatic carbocycles. The topological polar surface area (TPSA) is 38.0 Å². The van der Waals surface area contributed by atoms with Crippen LogP contribution in [0.5, 0.6) is 0 Å². The second-order valence-electron chi connectivity index (χ2n) is 5.33. The summed E-state index contributed by atoms with van der Waals surface area (Å²) in [5.74, 6) is 5.65. The summed E-state index contributed by atoms with van der Waals surface area (Å²) in [6, 6.07) is 5.73. The van der Waals surface area contributed by atoms with Crippen molar-refractivity contribution in [3.63, 3.8) is 0 Å². The number of rotatable bonds is 10. The molecule has 0 heterocycles. The molecule has 1 rings (SSSR count). The zero-order valence-corrected chi connectivity index (χ0v) is 13.8. The van der Waals surface area contributed by atoms with E-state index in [4.69, 9.17) is 29.0 Å². The van der Waals surface area contributed by atoms with Gasteiger partial charge in [0.15, 0.2) is 0 Å². The van der Waals surface area contributed by atoms with E-state index in [-0.39, 0.29) is 6.04 Å². The molecule has 0 saturated carbocycles. The van der Waals surface area contributed by atoms with Gasteiger partial charge in [0.1, 0.15) is 0 Å². The average Bonchev–Trinajstić information content (AvgIpc) is 2.41. The van der Waals surface area contributed by atoms with Crippen LogP contribution in [0.15, 0.2) is 18.2 Å². The zero-order chi connectivity index (χ0) is 14.8. The minimum atomic E-state index is 0.127. The molecule has 0 spiro atoms. The van der Waals surface area contributed by atoms with Gasteiger partial charge < -0.3 is 0 Å². The van der Waals surface area contributed by atoms with Crippen LogP contribution in [-0.4, -0.2) is 0 Å². The van der Waals surface area contributed by atoms with E-state index in [0.29, 0.717) is 10.0 Å². The van der Waals surface area contributed by atoms with Gasteiger partial charge in [-0.25, -0.2) is 0 Å². The maximum Gasteiger partial charge on any atom is 0.0461 e. The highest BCUT2D eigenvalue weighted by atomic mass is 35.5. The lowest BCUT2D eigenvalue weighted by Gasteiger charge is -2.17. The quantitative estimate of drug-likeness (QED) is 0.333. The molecule has 20 heavy (non-hydrogen) atoms. The molecule has 0 amide bonds. The van der Waals surface area contributed by atoms with Gasteiger partial charge in [0.25, 0.3) is 0 Å². The Hall–Kier alpha value is -0.280. The highest BCUT2D eigenvalue weighted by Crippen LogP contribution is 2.26. The third kappa shape index (κ3) is 6.94. The summed E-state index contributed by atoms with van der Waals surface area (Å²) in [6.07, 6.45) is 10.1. The van der Waals surface area contributed by atoms with E-state index >= 15 is 0 Å². The smallest absolute Gasteiger partial charge is 0.0461 e. The third-order valence-electron chi connectivity index (χ3n) is 3.58. The van der Waals surface area contributed by atoms with Crippen molar-refractivity contribution in [3.8, 4) is 0 Å². The molecule has 0 aliphatic carbocycles. The molecule has 0 saturated heterocycles. The number of hydrazine groups is 1. The van der Waals surface area contributed by atoms with Gasteiger partial charge in [-0.15, -0.1) is 0 Å². The van der Waals surface area contributed by atoms with Gasteiger partial charge in [-0.1, -0.05) is 75.1 Å². The average molecular weight is 317 g/mol. The number of halogens is 2. The lowest BCUT2D eigenvalue weighted by molar-refractivity contribution is 0.476. The molecule has 2 nitrogen and oxygen atoms in total.